The molecule has 2 aromatic carbocycles. The van der Waals surface area contributed by atoms with Gasteiger partial charge in [0.2, 0.25) is 5.95 Å². The van der Waals surface area contributed by atoms with Crippen LogP contribution in [0.1, 0.15) is 11.4 Å². The Kier molecular flexibility index (Phi) is 6.39. The van der Waals surface area contributed by atoms with Crippen LogP contribution in [-0.2, 0) is 20.1 Å². The summed E-state index contributed by atoms with van der Waals surface area (Å²) in [5, 5.41) is 7.13. The molecule has 5 aromatic rings. The third kappa shape index (κ3) is 4.90. The highest BCUT2D eigenvalue weighted by atomic mass is 35.5. The second kappa shape index (κ2) is 9.53. The molecule has 0 saturated heterocycles. The van der Waals surface area contributed by atoms with Crippen LogP contribution in [0.3, 0.4) is 0 Å². The average Bonchev–Trinajstić information content (AvgIpc) is 3.40. The number of aryl methyl sites for hydroxylation is 1. The lowest BCUT2D eigenvalue weighted by Crippen LogP contribution is -2.43. The van der Waals surface area contributed by atoms with Gasteiger partial charge in [0.15, 0.2) is 11.0 Å². The van der Waals surface area contributed by atoms with Crippen LogP contribution >= 0.6 is 34.5 Å². The molecule has 37 heavy (non-hydrogen) atoms. The van der Waals surface area contributed by atoms with E-state index in [4.69, 9.17) is 28.9 Å². The van der Waals surface area contributed by atoms with E-state index in [9.17, 15) is 18.4 Å². The van der Waals surface area contributed by atoms with E-state index in [0.717, 1.165) is 15.2 Å². The quantitative estimate of drug-likeness (QED) is 0.299. The second-order valence-corrected chi connectivity index (χ2v) is 9.72. The molecule has 0 saturated carbocycles. The molecule has 5 rings (SSSR count). The number of nitrogens with one attached hydrogen (secondary N) is 1. The number of anilines is 3. The van der Waals surface area contributed by atoms with E-state index in [1.165, 1.54) is 22.3 Å². The van der Waals surface area contributed by atoms with Crippen molar-refractivity contribution in [2.45, 2.75) is 13.1 Å². The van der Waals surface area contributed by atoms with E-state index in [1.54, 1.807) is 19.2 Å². The lowest BCUT2D eigenvalue weighted by atomic mass is 10.2. The molecule has 3 heterocycles. The zero-order valence-corrected chi connectivity index (χ0v) is 21.1. The number of rotatable bonds is 6. The molecule has 0 aliphatic carbocycles. The molecule has 0 fully saturated rings. The maximum absolute atomic E-state index is 14.6. The molecule has 11 nitrogen and oxygen atoms in total. The smallest absolute Gasteiger partial charge is 0.355 e. The van der Waals surface area contributed by atoms with Crippen LogP contribution in [0.4, 0.5) is 25.5 Å². The van der Waals surface area contributed by atoms with Gasteiger partial charge in [0.05, 0.1) is 39.0 Å². The number of fused-ring (bicyclic) bond motifs is 1. The monoisotopic (exact) mass is 565 g/mol. The van der Waals surface area contributed by atoms with E-state index >= 15 is 0 Å². The second-order valence-electron chi connectivity index (χ2n) is 7.84. The molecule has 3 N–H and O–H groups in total. The molecule has 0 aliphatic heterocycles. The lowest BCUT2D eigenvalue weighted by Gasteiger charge is -2.16. The van der Waals surface area contributed by atoms with Gasteiger partial charge in [-0.2, -0.15) is 10.1 Å². The molecule has 0 aliphatic rings. The first-order valence-corrected chi connectivity index (χ1v) is 12.0. The number of halogens is 4. The highest BCUT2D eigenvalue weighted by Gasteiger charge is 2.19. The van der Waals surface area contributed by atoms with E-state index in [1.807, 2.05) is 0 Å². The third-order valence-corrected chi connectivity index (χ3v) is 6.70. The largest absolute Gasteiger partial charge is 0.375 e. The van der Waals surface area contributed by atoms with Crippen LogP contribution in [0.5, 0.6) is 0 Å². The molecular weight excluding hydrogens is 551 g/mol. The standard InChI is InChI=1S/C21H15Cl2F2N9O2S/c1-32-8-27-17(31-32)7-34-20(35)30-19(29-14-5-16-15(3-11(14)23)28-18(26)37-16)33(21(34)36)6-9-2-10(22)13(25)4-12(9)24/h2-5,8H,6-7H2,1H3,(H2,26,28)(H,29,30,35). The lowest BCUT2D eigenvalue weighted by molar-refractivity contribution is 0.544. The van der Waals surface area contributed by atoms with Crippen molar-refractivity contribution < 1.29 is 8.78 Å². The topological polar surface area (TPSA) is 139 Å². The third-order valence-electron chi connectivity index (χ3n) is 5.25. The Bertz CT molecular complexity index is 1800. The van der Waals surface area contributed by atoms with Gasteiger partial charge in [0, 0.05) is 18.7 Å². The number of nitrogens with zero attached hydrogens (tertiary/aromatic N) is 7. The van der Waals surface area contributed by atoms with Gasteiger partial charge < -0.3 is 11.1 Å². The Balaban J connectivity index is 1.64. The highest BCUT2D eigenvalue weighted by molar-refractivity contribution is 7.22. The van der Waals surface area contributed by atoms with Crippen molar-refractivity contribution in [1.82, 2.24) is 33.9 Å². The number of nitrogens with two attached hydrogens (primary N) is 1. The van der Waals surface area contributed by atoms with Gasteiger partial charge in [-0.25, -0.2) is 32.9 Å². The van der Waals surface area contributed by atoms with Crippen molar-refractivity contribution in [2.24, 2.45) is 7.05 Å². The molecule has 0 atom stereocenters. The van der Waals surface area contributed by atoms with Crippen molar-refractivity contribution in [3.8, 4) is 0 Å². The van der Waals surface area contributed by atoms with Crippen molar-refractivity contribution in [1.29, 1.82) is 0 Å². The molecule has 0 bridgehead atoms. The van der Waals surface area contributed by atoms with Gasteiger partial charge in [-0.3, -0.25) is 9.25 Å². The summed E-state index contributed by atoms with van der Waals surface area (Å²) in [6.45, 7) is -0.728. The Morgan fingerprint density at radius 3 is 2.54 bits per heavy atom. The van der Waals surface area contributed by atoms with Crippen LogP contribution in [0.25, 0.3) is 10.2 Å². The van der Waals surface area contributed by atoms with Gasteiger partial charge in [0.25, 0.3) is 0 Å². The van der Waals surface area contributed by atoms with Crippen molar-refractivity contribution >= 4 is 61.5 Å². The molecule has 16 heteroatoms. The molecular formula is C21H15Cl2F2N9O2S. The number of hydrogen-bond donors (Lipinski definition) is 2. The van der Waals surface area contributed by atoms with Crippen LogP contribution in [0.15, 0.2) is 40.2 Å². The van der Waals surface area contributed by atoms with Crippen LogP contribution in [0, 0.1) is 11.6 Å². The summed E-state index contributed by atoms with van der Waals surface area (Å²) in [4.78, 5) is 38.5. The first-order chi connectivity index (χ1) is 17.6. The number of benzene rings is 2. The Labute approximate surface area is 219 Å². The first-order valence-electron chi connectivity index (χ1n) is 10.4. The van der Waals surface area contributed by atoms with Crippen LogP contribution in [-0.4, -0.2) is 33.9 Å². The molecule has 3 aromatic heterocycles. The number of hydrogen-bond acceptors (Lipinski definition) is 9. The van der Waals surface area contributed by atoms with E-state index in [2.05, 4.69) is 25.4 Å². The number of aromatic nitrogens is 7. The Morgan fingerprint density at radius 2 is 1.81 bits per heavy atom. The van der Waals surface area contributed by atoms with E-state index < -0.39 is 29.6 Å². The molecule has 190 valence electrons. The van der Waals surface area contributed by atoms with Gasteiger partial charge in [-0.15, -0.1) is 0 Å². The maximum atomic E-state index is 14.6. The normalized spacial score (nSPS) is 11.4. The first kappa shape index (κ1) is 24.8. The Morgan fingerprint density at radius 1 is 1.03 bits per heavy atom. The van der Waals surface area contributed by atoms with Gasteiger partial charge in [0.1, 0.15) is 18.0 Å². The van der Waals surface area contributed by atoms with Crippen molar-refractivity contribution in [3.63, 3.8) is 0 Å². The molecule has 0 spiro atoms. The van der Waals surface area contributed by atoms with Gasteiger partial charge in [-0.1, -0.05) is 34.5 Å². The fraction of sp³-hybridized carbons (Fsp3) is 0.143. The predicted molar refractivity (Wildman–Crippen MR) is 136 cm³/mol. The summed E-state index contributed by atoms with van der Waals surface area (Å²) in [6, 6.07) is 4.84. The Hall–Kier alpha value is -3.88. The average molecular weight is 566 g/mol. The summed E-state index contributed by atoms with van der Waals surface area (Å²) in [6.07, 6.45) is 1.41. The summed E-state index contributed by atoms with van der Waals surface area (Å²) in [5.74, 6) is -1.95. The zero-order valence-electron chi connectivity index (χ0n) is 18.7. The van der Waals surface area contributed by atoms with E-state index in [0.29, 0.717) is 27.1 Å². The summed E-state index contributed by atoms with van der Waals surface area (Å²) >= 11 is 13.4. The minimum atomic E-state index is -0.957. The predicted octanol–water partition coefficient (Wildman–Crippen LogP) is 3.15. The highest BCUT2D eigenvalue weighted by Crippen LogP contribution is 2.33. The fourth-order valence-electron chi connectivity index (χ4n) is 3.54. The van der Waals surface area contributed by atoms with Crippen LogP contribution in [0.2, 0.25) is 10.0 Å². The summed E-state index contributed by atoms with van der Waals surface area (Å²) in [7, 11) is 1.63. The summed E-state index contributed by atoms with van der Waals surface area (Å²) < 4.78 is 32.2. The van der Waals surface area contributed by atoms with E-state index in [-0.39, 0.29) is 33.9 Å². The minimum absolute atomic E-state index is 0.115. The van der Waals surface area contributed by atoms with Crippen LogP contribution < -0.4 is 22.4 Å². The fourth-order valence-corrected chi connectivity index (χ4v) is 4.68. The molecule has 0 radical (unpaired) electrons. The van der Waals surface area contributed by atoms with Crippen molar-refractivity contribution in [2.75, 3.05) is 11.1 Å². The zero-order chi connectivity index (χ0) is 26.4. The molecule has 0 amide bonds. The SMILES string of the molecule is Cn1cnc(Cn2c(=O)nc(Nc3cc4sc(N)nc4cc3Cl)n(Cc3cc(Cl)c(F)cc3F)c2=O)n1. The minimum Gasteiger partial charge on any atom is -0.375 e. The van der Waals surface area contributed by atoms with Gasteiger partial charge >= 0.3 is 11.4 Å². The van der Waals surface area contributed by atoms with Crippen molar-refractivity contribution in [3.05, 3.63) is 84.6 Å². The number of thiazole rings is 1. The summed E-state index contributed by atoms with van der Waals surface area (Å²) in [5.41, 5.74) is 4.74. The van der Waals surface area contributed by atoms with Gasteiger partial charge in [-0.05, 0) is 18.2 Å². The molecule has 0 unspecified atom stereocenters. The number of nitrogen functional groups attached to an aromatic ring is 1. The maximum Gasteiger partial charge on any atom is 0.355 e.